The van der Waals surface area contributed by atoms with Crippen LogP contribution in [0, 0.1) is 0 Å². The minimum Gasteiger partial charge on any atom is -0.490 e. The minimum atomic E-state index is 0.325. The number of fused-ring (bicyclic) bond motifs is 1. The molecule has 0 radical (unpaired) electrons. The molecule has 0 amide bonds. The number of nitrogens with one attached hydrogen (secondary N) is 1. The molecule has 0 spiro atoms. The van der Waals surface area contributed by atoms with Crippen molar-refractivity contribution < 1.29 is 14.2 Å². The van der Waals surface area contributed by atoms with Gasteiger partial charge in [-0.2, -0.15) is 0 Å². The lowest BCUT2D eigenvalue weighted by Crippen LogP contribution is -2.19. The van der Waals surface area contributed by atoms with E-state index in [0.717, 1.165) is 56.2 Å². The Morgan fingerprint density at radius 2 is 2.00 bits per heavy atom. The van der Waals surface area contributed by atoms with Gasteiger partial charge in [0.15, 0.2) is 11.5 Å². The minimum absolute atomic E-state index is 0.325. The molecular weight excluding hydrogens is 242 g/mol. The Labute approximate surface area is 114 Å². The van der Waals surface area contributed by atoms with Crippen LogP contribution in [0.15, 0.2) is 18.2 Å². The highest BCUT2D eigenvalue weighted by Crippen LogP contribution is 2.32. The van der Waals surface area contributed by atoms with E-state index in [1.165, 1.54) is 0 Å². The molecule has 1 fully saturated rings. The van der Waals surface area contributed by atoms with Crippen molar-refractivity contribution in [3.63, 3.8) is 0 Å². The van der Waals surface area contributed by atoms with Crippen LogP contribution in [0.2, 0.25) is 0 Å². The Bertz CT molecular complexity index is 435. The van der Waals surface area contributed by atoms with Gasteiger partial charge in [0.2, 0.25) is 0 Å². The molecule has 0 saturated carbocycles. The quantitative estimate of drug-likeness (QED) is 0.910. The highest BCUT2D eigenvalue weighted by Gasteiger charge is 2.21. The van der Waals surface area contributed by atoms with Crippen LogP contribution in [0.5, 0.6) is 11.5 Å². The van der Waals surface area contributed by atoms with Crippen molar-refractivity contribution in [2.24, 2.45) is 0 Å². The summed E-state index contributed by atoms with van der Waals surface area (Å²) < 4.78 is 17.1. The maximum absolute atomic E-state index is 5.80. The fraction of sp³-hybridized carbons (Fsp3) is 0.600. The van der Waals surface area contributed by atoms with Crippen LogP contribution in [-0.2, 0) is 4.74 Å². The van der Waals surface area contributed by atoms with Crippen LogP contribution in [0.3, 0.4) is 0 Å². The first-order valence-electron chi connectivity index (χ1n) is 7.10. The van der Waals surface area contributed by atoms with Crippen LogP contribution in [0.4, 0.5) is 5.69 Å². The van der Waals surface area contributed by atoms with E-state index in [-0.39, 0.29) is 0 Å². The summed E-state index contributed by atoms with van der Waals surface area (Å²) in [4.78, 5) is 0. The molecule has 0 aliphatic carbocycles. The molecule has 2 unspecified atom stereocenters. The van der Waals surface area contributed by atoms with Crippen molar-refractivity contribution in [1.82, 2.24) is 0 Å². The van der Waals surface area contributed by atoms with Gasteiger partial charge in [-0.25, -0.2) is 0 Å². The summed E-state index contributed by atoms with van der Waals surface area (Å²) in [5, 5.41) is 3.42. The zero-order valence-corrected chi connectivity index (χ0v) is 11.4. The third kappa shape index (κ3) is 3.13. The first-order valence-corrected chi connectivity index (χ1v) is 7.10. The van der Waals surface area contributed by atoms with Gasteiger partial charge >= 0.3 is 0 Å². The highest BCUT2D eigenvalue weighted by molar-refractivity contribution is 5.55. The average molecular weight is 263 g/mol. The van der Waals surface area contributed by atoms with Gasteiger partial charge in [-0.3, -0.25) is 0 Å². The Balaban J connectivity index is 1.60. The molecule has 0 aromatic heterocycles. The third-order valence-corrected chi connectivity index (χ3v) is 3.60. The van der Waals surface area contributed by atoms with Gasteiger partial charge in [-0.05, 0) is 31.9 Å². The summed E-state index contributed by atoms with van der Waals surface area (Å²) in [6, 6.07) is 6.02. The Kier molecular flexibility index (Phi) is 3.78. The average Bonchev–Trinajstić information content (AvgIpc) is 2.70. The molecule has 2 atom stereocenters. The van der Waals surface area contributed by atoms with E-state index in [0.29, 0.717) is 12.2 Å². The Morgan fingerprint density at radius 3 is 2.79 bits per heavy atom. The predicted octanol–water partition coefficient (Wildman–Crippen LogP) is 2.83. The molecule has 2 heterocycles. The first-order chi connectivity index (χ1) is 9.31. The smallest absolute Gasteiger partial charge is 0.163 e. The van der Waals surface area contributed by atoms with Gasteiger partial charge in [0, 0.05) is 24.7 Å². The summed E-state index contributed by atoms with van der Waals surface area (Å²) in [7, 11) is 0. The summed E-state index contributed by atoms with van der Waals surface area (Å²) in [5.41, 5.74) is 1.06. The SMILES string of the molecule is CC1CCC(CNc2ccc3c(c2)OCCCO3)O1. The van der Waals surface area contributed by atoms with Crippen LogP contribution in [0.25, 0.3) is 0 Å². The van der Waals surface area contributed by atoms with Crippen molar-refractivity contribution in [3.8, 4) is 11.5 Å². The zero-order chi connectivity index (χ0) is 13.1. The molecule has 3 rings (SSSR count). The van der Waals surface area contributed by atoms with Gasteiger partial charge in [0.05, 0.1) is 25.4 Å². The fourth-order valence-corrected chi connectivity index (χ4v) is 2.54. The predicted molar refractivity (Wildman–Crippen MR) is 74.1 cm³/mol. The van der Waals surface area contributed by atoms with E-state index in [1.54, 1.807) is 0 Å². The summed E-state index contributed by atoms with van der Waals surface area (Å²) in [6.45, 7) is 4.44. The van der Waals surface area contributed by atoms with Crippen molar-refractivity contribution in [2.75, 3.05) is 25.1 Å². The molecule has 1 aromatic rings. The second kappa shape index (κ2) is 5.70. The number of hydrogen-bond acceptors (Lipinski definition) is 4. The fourth-order valence-electron chi connectivity index (χ4n) is 2.54. The number of ether oxygens (including phenoxy) is 3. The van der Waals surface area contributed by atoms with E-state index in [9.17, 15) is 0 Å². The van der Waals surface area contributed by atoms with Crippen molar-refractivity contribution in [3.05, 3.63) is 18.2 Å². The largest absolute Gasteiger partial charge is 0.490 e. The van der Waals surface area contributed by atoms with E-state index in [1.807, 2.05) is 18.2 Å². The number of anilines is 1. The van der Waals surface area contributed by atoms with Gasteiger partial charge < -0.3 is 19.5 Å². The van der Waals surface area contributed by atoms with Crippen LogP contribution in [0.1, 0.15) is 26.2 Å². The second-order valence-electron chi connectivity index (χ2n) is 5.24. The first kappa shape index (κ1) is 12.6. The normalized spacial score (nSPS) is 25.9. The second-order valence-corrected chi connectivity index (χ2v) is 5.24. The van der Waals surface area contributed by atoms with E-state index in [2.05, 4.69) is 12.2 Å². The topological polar surface area (TPSA) is 39.7 Å². The molecule has 1 aromatic carbocycles. The molecule has 19 heavy (non-hydrogen) atoms. The van der Waals surface area contributed by atoms with Crippen LogP contribution >= 0.6 is 0 Å². The lowest BCUT2D eigenvalue weighted by Gasteiger charge is -2.14. The van der Waals surface area contributed by atoms with E-state index in [4.69, 9.17) is 14.2 Å². The summed E-state index contributed by atoms with van der Waals surface area (Å²) in [6.07, 6.45) is 3.96. The lowest BCUT2D eigenvalue weighted by molar-refractivity contribution is 0.0637. The van der Waals surface area contributed by atoms with Crippen molar-refractivity contribution in [1.29, 1.82) is 0 Å². The molecule has 104 valence electrons. The number of rotatable bonds is 3. The molecule has 1 N–H and O–H groups in total. The summed E-state index contributed by atoms with van der Waals surface area (Å²) >= 11 is 0. The van der Waals surface area contributed by atoms with Gasteiger partial charge in [-0.15, -0.1) is 0 Å². The van der Waals surface area contributed by atoms with Crippen LogP contribution in [-0.4, -0.2) is 32.0 Å². The monoisotopic (exact) mass is 263 g/mol. The standard InChI is InChI=1S/C15H21NO3/c1-11-3-5-13(19-11)10-16-12-4-6-14-15(9-12)18-8-2-7-17-14/h4,6,9,11,13,16H,2-3,5,7-8,10H2,1H3. The maximum atomic E-state index is 5.80. The molecule has 4 heteroatoms. The molecular formula is C15H21NO3. The molecule has 1 saturated heterocycles. The lowest BCUT2D eigenvalue weighted by atomic mass is 10.2. The highest BCUT2D eigenvalue weighted by atomic mass is 16.5. The van der Waals surface area contributed by atoms with Gasteiger partial charge in [0.25, 0.3) is 0 Å². The third-order valence-electron chi connectivity index (χ3n) is 3.60. The van der Waals surface area contributed by atoms with Crippen molar-refractivity contribution in [2.45, 2.75) is 38.4 Å². The number of benzene rings is 1. The van der Waals surface area contributed by atoms with Crippen LogP contribution < -0.4 is 14.8 Å². The molecule has 4 nitrogen and oxygen atoms in total. The molecule has 0 bridgehead atoms. The zero-order valence-electron chi connectivity index (χ0n) is 11.4. The molecule has 2 aliphatic heterocycles. The van der Waals surface area contributed by atoms with Gasteiger partial charge in [-0.1, -0.05) is 0 Å². The Hall–Kier alpha value is -1.42. The van der Waals surface area contributed by atoms with Crippen molar-refractivity contribution >= 4 is 5.69 Å². The van der Waals surface area contributed by atoms with E-state index < -0.39 is 0 Å². The maximum Gasteiger partial charge on any atom is 0.163 e. The number of hydrogen-bond donors (Lipinski definition) is 1. The Morgan fingerprint density at radius 1 is 1.16 bits per heavy atom. The molecule has 2 aliphatic rings. The van der Waals surface area contributed by atoms with E-state index >= 15 is 0 Å². The summed E-state index contributed by atoms with van der Waals surface area (Å²) in [5.74, 6) is 1.68. The van der Waals surface area contributed by atoms with Gasteiger partial charge in [0.1, 0.15) is 0 Å².